The lowest BCUT2D eigenvalue weighted by Crippen LogP contribution is -2.47. The third kappa shape index (κ3) is 2.50. The summed E-state index contributed by atoms with van der Waals surface area (Å²) in [5, 5.41) is 10.2. The van der Waals surface area contributed by atoms with Crippen molar-refractivity contribution in [3.05, 3.63) is 11.6 Å². The van der Waals surface area contributed by atoms with E-state index < -0.39 is 0 Å². The number of aliphatic hydroxyl groups excluding tert-OH is 1. The second kappa shape index (κ2) is 5.21. The van der Waals surface area contributed by atoms with Gasteiger partial charge in [-0.05, 0) is 37.0 Å². The van der Waals surface area contributed by atoms with E-state index in [0.717, 1.165) is 25.4 Å². The highest BCUT2D eigenvalue weighted by atomic mass is 16.5. The lowest BCUT2D eigenvalue weighted by molar-refractivity contribution is -0.0866. The number of hydrogen-bond donors (Lipinski definition) is 1. The summed E-state index contributed by atoms with van der Waals surface area (Å²) in [5.74, 6) is 1.21. The smallest absolute Gasteiger partial charge is 0.0640 e. The third-order valence-electron chi connectivity index (χ3n) is 5.90. The molecule has 3 rings (SSSR count). The van der Waals surface area contributed by atoms with Crippen LogP contribution in [0.25, 0.3) is 0 Å². The maximum Gasteiger partial charge on any atom is 0.0640 e. The highest BCUT2D eigenvalue weighted by Crippen LogP contribution is 2.47. The normalized spacial score (nSPS) is 39.5. The van der Waals surface area contributed by atoms with Crippen molar-refractivity contribution in [3.8, 4) is 0 Å². The van der Waals surface area contributed by atoms with Crippen LogP contribution in [0.2, 0.25) is 0 Å². The average Bonchev–Trinajstić information content (AvgIpc) is 2.44. The van der Waals surface area contributed by atoms with Gasteiger partial charge in [0.25, 0.3) is 0 Å². The predicted octanol–water partition coefficient (Wildman–Crippen LogP) is 3.69. The molecule has 2 heteroatoms. The topological polar surface area (TPSA) is 29.5 Å². The molecule has 0 spiro atoms. The highest BCUT2D eigenvalue weighted by molar-refractivity contribution is 5.20. The van der Waals surface area contributed by atoms with Crippen LogP contribution in [-0.4, -0.2) is 23.9 Å². The largest absolute Gasteiger partial charge is 0.392 e. The van der Waals surface area contributed by atoms with E-state index >= 15 is 0 Å². The van der Waals surface area contributed by atoms with Crippen LogP contribution in [0.4, 0.5) is 0 Å². The number of fused-ring (bicyclic) bond motifs is 1. The molecular weight excluding hydrogens is 236 g/mol. The first-order chi connectivity index (χ1) is 9.09. The van der Waals surface area contributed by atoms with Gasteiger partial charge in [0.1, 0.15) is 0 Å². The van der Waals surface area contributed by atoms with Gasteiger partial charge in [0.2, 0.25) is 0 Å². The Morgan fingerprint density at radius 1 is 1.21 bits per heavy atom. The number of rotatable bonds is 1. The van der Waals surface area contributed by atoms with Gasteiger partial charge in [0.15, 0.2) is 0 Å². The van der Waals surface area contributed by atoms with Gasteiger partial charge in [0, 0.05) is 5.92 Å². The van der Waals surface area contributed by atoms with Gasteiger partial charge in [-0.1, -0.05) is 44.8 Å². The second-order valence-corrected chi connectivity index (χ2v) is 7.38. The SMILES string of the molecule is CC1(C)[C@H](O)CC=C2C[C@@H](C3CCCCC3)OC[C@@H]21. The summed E-state index contributed by atoms with van der Waals surface area (Å²) in [6.45, 7) is 5.20. The molecule has 1 saturated carbocycles. The zero-order valence-electron chi connectivity index (χ0n) is 12.4. The highest BCUT2D eigenvalue weighted by Gasteiger charge is 2.44. The summed E-state index contributed by atoms with van der Waals surface area (Å²) >= 11 is 0. The monoisotopic (exact) mass is 264 g/mol. The van der Waals surface area contributed by atoms with E-state index in [1.54, 1.807) is 5.57 Å². The van der Waals surface area contributed by atoms with Crippen molar-refractivity contribution < 1.29 is 9.84 Å². The van der Waals surface area contributed by atoms with Crippen molar-refractivity contribution in [1.82, 2.24) is 0 Å². The zero-order valence-corrected chi connectivity index (χ0v) is 12.4. The van der Waals surface area contributed by atoms with Crippen LogP contribution in [0, 0.1) is 17.3 Å². The molecule has 2 aliphatic carbocycles. The van der Waals surface area contributed by atoms with Crippen LogP contribution in [0.1, 0.15) is 58.8 Å². The Morgan fingerprint density at radius 3 is 2.68 bits per heavy atom. The van der Waals surface area contributed by atoms with Crippen molar-refractivity contribution >= 4 is 0 Å². The maximum atomic E-state index is 10.2. The van der Waals surface area contributed by atoms with Crippen molar-refractivity contribution in [2.75, 3.05) is 6.61 Å². The molecule has 0 radical (unpaired) electrons. The van der Waals surface area contributed by atoms with E-state index in [9.17, 15) is 5.11 Å². The van der Waals surface area contributed by atoms with Gasteiger partial charge < -0.3 is 9.84 Å². The van der Waals surface area contributed by atoms with Crippen molar-refractivity contribution in [1.29, 1.82) is 0 Å². The fourth-order valence-electron chi connectivity index (χ4n) is 4.29. The Morgan fingerprint density at radius 2 is 1.95 bits per heavy atom. The standard InChI is InChI=1S/C17H28O2/c1-17(2)14-11-19-15(12-6-4-3-5-7-12)10-13(14)8-9-16(17)18/h8,12,14-16,18H,3-7,9-11H2,1-2H3/t14-,15-,16+/m0/s1. The Labute approximate surface area is 117 Å². The molecule has 1 heterocycles. The zero-order chi connectivity index (χ0) is 13.5. The van der Waals surface area contributed by atoms with E-state index in [2.05, 4.69) is 19.9 Å². The average molecular weight is 264 g/mol. The minimum absolute atomic E-state index is 0.0262. The van der Waals surface area contributed by atoms with Gasteiger partial charge in [-0.15, -0.1) is 0 Å². The summed E-state index contributed by atoms with van der Waals surface area (Å²) in [7, 11) is 0. The van der Waals surface area contributed by atoms with E-state index in [1.807, 2.05) is 0 Å². The molecule has 1 aliphatic heterocycles. The lowest BCUT2D eigenvalue weighted by Gasteiger charge is -2.48. The molecule has 19 heavy (non-hydrogen) atoms. The Balaban J connectivity index is 1.70. The fourth-order valence-corrected chi connectivity index (χ4v) is 4.29. The summed E-state index contributed by atoms with van der Waals surface area (Å²) < 4.78 is 6.22. The summed E-state index contributed by atoms with van der Waals surface area (Å²) in [5.41, 5.74) is 1.54. The van der Waals surface area contributed by atoms with Crippen molar-refractivity contribution in [3.63, 3.8) is 0 Å². The molecule has 0 bridgehead atoms. The Kier molecular flexibility index (Phi) is 3.74. The molecule has 108 valence electrons. The molecule has 3 aliphatic rings. The van der Waals surface area contributed by atoms with Gasteiger partial charge in [-0.3, -0.25) is 0 Å². The summed E-state index contributed by atoms with van der Waals surface area (Å²) in [6, 6.07) is 0. The lowest BCUT2D eigenvalue weighted by atomic mass is 9.64. The maximum absolute atomic E-state index is 10.2. The molecule has 1 saturated heterocycles. The number of ether oxygens (including phenoxy) is 1. The first kappa shape index (κ1) is 13.6. The van der Waals surface area contributed by atoms with Crippen LogP contribution in [0.3, 0.4) is 0 Å². The molecular formula is C17H28O2. The van der Waals surface area contributed by atoms with Crippen LogP contribution >= 0.6 is 0 Å². The first-order valence-electron chi connectivity index (χ1n) is 8.07. The van der Waals surface area contributed by atoms with Crippen LogP contribution < -0.4 is 0 Å². The Hall–Kier alpha value is -0.340. The van der Waals surface area contributed by atoms with E-state index in [1.165, 1.54) is 32.1 Å². The molecule has 2 fully saturated rings. The van der Waals surface area contributed by atoms with Crippen LogP contribution in [0.15, 0.2) is 11.6 Å². The third-order valence-corrected chi connectivity index (χ3v) is 5.90. The minimum atomic E-state index is -0.212. The minimum Gasteiger partial charge on any atom is -0.392 e. The molecule has 0 unspecified atom stereocenters. The molecule has 0 aromatic heterocycles. The quantitative estimate of drug-likeness (QED) is 0.732. The van der Waals surface area contributed by atoms with Crippen molar-refractivity contribution in [2.24, 2.45) is 17.3 Å². The van der Waals surface area contributed by atoms with Gasteiger partial charge in [0.05, 0.1) is 18.8 Å². The second-order valence-electron chi connectivity index (χ2n) is 7.38. The van der Waals surface area contributed by atoms with E-state index in [-0.39, 0.29) is 11.5 Å². The van der Waals surface area contributed by atoms with Crippen LogP contribution in [0.5, 0.6) is 0 Å². The molecule has 0 amide bonds. The molecule has 1 N–H and O–H groups in total. The molecule has 0 aromatic carbocycles. The summed E-state index contributed by atoms with van der Waals surface area (Å²) in [6.07, 6.45) is 11.4. The van der Waals surface area contributed by atoms with Gasteiger partial charge >= 0.3 is 0 Å². The van der Waals surface area contributed by atoms with Crippen molar-refractivity contribution in [2.45, 2.75) is 71.0 Å². The number of hydrogen-bond acceptors (Lipinski definition) is 2. The fraction of sp³-hybridized carbons (Fsp3) is 0.882. The molecule has 3 atom stereocenters. The predicted molar refractivity (Wildman–Crippen MR) is 76.9 cm³/mol. The van der Waals surface area contributed by atoms with Crippen LogP contribution in [-0.2, 0) is 4.74 Å². The van der Waals surface area contributed by atoms with Gasteiger partial charge in [-0.2, -0.15) is 0 Å². The molecule has 2 nitrogen and oxygen atoms in total. The first-order valence-corrected chi connectivity index (χ1v) is 8.07. The molecule has 0 aromatic rings. The summed E-state index contributed by atoms with van der Waals surface area (Å²) in [4.78, 5) is 0. The van der Waals surface area contributed by atoms with E-state index in [4.69, 9.17) is 4.74 Å². The number of aliphatic hydroxyl groups is 1. The Bertz CT molecular complexity index is 352. The van der Waals surface area contributed by atoms with E-state index in [0.29, 0.717) is 12.0 Å². The van der Waals surface area contributed by atoms with Gasteiger partial charge in [-0.25, -0.2) is 0 Å².